The van der Waals surface area contributed by atoms with Crippen LogP contribution in [-0.2, 0) is 11.4 Å². The van der Waals surface area contributed by atoms with Gasteiger partial charge < -0.3 is 24.3 Å². The van der Waals surface area contributed by atoms with Crippen molar-refractivity contribution in [1.82, 2.24) is 0 Å². The van der Waals surface area contributed by atoms with Gasteiger partial charge in [0.25, 0.3) is 11.6 Å². The highest BCUT2D eigenvalue weighted by Crippen LogP contribution is 2.37. The zero-order valence-corrected chi connectivity index (χ0v) is 23.3. The number of anilines is 1. The first-order valence-electron chi connectivity index (χ1n) is 10.8. The van der Waals surface area contributed by atoms with E-state index in [1.807, 2.05) is 6.07 Å². The van der Waals surface area contributed by atoms with Crippen molar-refractivity contribution in [2.45, 2.75) is 6.61 Å². The maximum absolute atomic E-state index is 12.9. The molecule has 3 rings (SSSR count). The lowest BCUT2D eigenvalue weighted by Gasteiger charge is -2.14. The van der Waals surface area contributed by atoms with Crippen LogP contribution < -0.4 is 24.3 Å². The quantitative estimate of drug-likeness (QED) is 0.0930. The first-order chi connectivity index (χ1) is 18.2. The Balaban J connectivity index is 1.83. The second kappa shape index (κ2) is 13.0. The van der Waals surface area contributed by atoms with E-state index < -0.39 is 10.8 Å². The summed E-state index contributed by atoms with van der Waals surface area (Å²) in [6.07, 6.45) is 1.42. The van der Waals surface area contributed by atoms with Crippen molar-refractivity contribution in [2.75, 3.05) is 26.6 Å². The lowest BCUT2D eigenvalue weighted by molar-refractivity contribution is -0.384. The number of halogens is 2. The molecule has 3 aromatic carbocycles. The van der Waals surface area contributed by atoms with Gasteiger partial charge in [0.1, 0.15) is 29.7 Å². The minimum Gasteiger partial charge on any atom is -0.495 e. The summed E-state index contributed by atoms with van der Waals surface area (Å²) in [6, 6.07) is 14.3. The van der Waals surface area contributed by atoms with E-state index in [1.54, 1.807) is 24.3 Å². The third-order valence-corrected chi connectivity index (χ3v) is 6.28. The Kier molecular flexibility index (Phi) is 9.75. The van der Waals surface area contributed by atoms with Crippen molar-refractivity contribution in [3.8, 4) is 29.1 Å². The number of methoxy groups -OCH3 is 3. The van der Waals surface area contributed by atoms with Gasteiger partial charge in [0.2, 0.25) is 0 Å². The molecule has 0 saturated carbocycles. The summed E-state index contributed by atoms with van der Waals surface area (Å²) in [4.78, 5) is 23.3. The van der Waals surface area contributed by atoms with Gasteiger partial charge >= 0.3 is 0 Å². The van der Waals surface area contributed by atoms with Gasteiger partial charge in [0.05, 0.1) is 40.5 Å². The van der Waals surface area contributed by atoms with E-state index in [2.05, 4.69) is 27.9 Å². The normalized spacial score (nSPS) is 10.8. The van der Waals surface area contributed by atoms with Crippen molar-refractivity contribution in [3.63, 3.8) is 0 Å². The van der Waals surface area contributed by atoms with E-state index in [1.165, 1.54) is 51.7 Å². The molecule has 0 heterocycles. The van der Waals surface area contributed by atoms with Gasteiger partial charge in [-0.2, -0.15) is 5.26 Å². The van der Waals surface area contributed by atoms with Crippen LogP contribution in [0, 0.1) is 25.0 Å². The molecule has 0 aliphatic carbocycles. The smallest absolute Gasteiger partial charge is 0.269 e. The van der Waals surface area contributed by atoms with Gasteiger partial charge in [0, 0.05) is 24.3 Å². The molecule has 12 heteroatoms. The summed E-state index contributed by atoms with van der Waals surface area (Å²) in [5.74, 6) is 0.792. The van der Waals surface area contributed by atoms with Crippen LogP contribution in [0.5, 0.6) is 23.0 Å². The number of hydrogen-bond acceptors (Lipinski definition) is 8. The second-order valence-electron chi connectivity index (χ2n) is 7.56. The van der Waals surface area contributed by atoms with Crippen LogP contribution in [0.25, 0.3) is 6.08 Å². The summed E-state index contributed by atoms with van der Waals surface area (Å²) >= 11 is 8.17. The monoisotopic (exact) mass is 649 g/mol. The Morgan fingerprint density at radius 1 is 1.08 bits per heavy atom. The van der Waals surface area contributed by atoms with Crippen molar-refractivity contribution in [1.29, 1.82) is 5.26 Å². The van der Waals surface area contributed by atoms with Gasteiger partial charge in [0.15, 0.2) is 11.5 Å². The maximum Gasteiger partial charge on any atom is 0.269 e. The highest BCUT2D eigenvalue weighted by molar-refractivity contribution is 14.1. The molecule has 0 spiro atoms. The number of hydrogen-bond donors (Lipinski definition) is 1. The number of nitro groups is 1. The lowest BCUT2D eigenvalue weighted by atomic mass is 10.1. The summed E-state index contributed by atoms with van der Waals surface area (Å²) in [5, 5.41) is 23.5. The molecule has 0 aliphatic rings. The Labute approximate surface area is 237 Å². The van der Waals surface area contributed by atoms with Crippen LogP contribution >= 0.6 is 34.2 Å². The molecule has 0 unspecified atom stereocenters. The number of nitrogens with one attached hydrogen (secondary N) is 1. The molecular formula is C26H21ClIN3O7. The lowest BCUT2D eigenvalue weighted by Crippen LogP contribution is -2.14. The molecule has 0 aromatic heterocycles. The van der Waals surface area contributed by atoms with E-state index in [-0.39, 0.29) is 23.6 Å². The Morgan fingerprint density at radius 3 is 2.32 bits per heavy atom. The summed E-state index contributed by atoms with van der Waals surface area (Å²) in [5.41, 5.74) is 1.36. The summed E-state index contributed by atoms with van der Waals surface area (Å²) in [6.45, 7) is 0.151. The van der Waals surface area contributed by atoms with E-state index in [0.717, 1.165) is 5.56 Å². The van der Waals surface area contributed by atoms with E-state index in [4.69, 9.17) is 30.5 Å². The predicted octanol–water partition coefficient (Wildman–Crippen LogP) is 6.00. The molecule has 3 aromatic rings. The average Bonchev–Trinajstić information content (AvgIpc) is 2.91. The van der Waals surface area contributed by atoms with Gasteiger partial charge in [-0.05, 0) is 64.1 Å². The molecule has 38 heavy (non-hydrogen) atoms. The molecule has 0 aliphatic heterocycles. The number of nitro benzene ring substituents is 1. The highest BCUT2D eigenvalue weighted by atomic mass is 127. The average molecular weight is 650 g/mol. The first kappa shape index (κ1) is 28.5. The first-order valence-corrected chi connectivity index (χ1v) is 12.2. The van der Waals surface area contributed by atoms with Crippen molar-refractivity contribution in [2.24, 2.45) is 0 Å². The number of carbonyl (C=O) groups excluding carboxylic acids is 1. The van der Waals surface area contributed by atoms with Crippen LogP contribution in [0.1, 0.15) is 11.1 Å². The number of benzene rings is 3. The van der Waals surface area contributed by atoms with Crippen LogP contribution in [0.3, 0.4) is 0 Å². The van der Waals surface area contributed by atoms with Crippen molar-refractivity contribution < 1.29 is 28.7 Å². The molecular weight excluding hydrogens is 629 g/mol. The van der Waals surface area contributed by atoms with Gasteiger partial charge in [-0.3, -0.25) is 14.9 Å². The standard InChI is InChI=1S/C26H21ClIN3O7/c1-35-22-12-21(23(36-2)11-19(22)27)30-26(32)17(13-29)8-16-9-20(28)25(24(10-16)37-3)38-14-15-4-6-18(7-5-15)31(33)34/h4-12H,14H2,1-3H3,(H,30,32)/b17-8+. The maximum atomic E-state index is 12.9. The summed E-state index contributed by atoms with van der Waals surface area (Å²) in [7, 11) is 4.33. The molecule has 1 amide bonds. The largest absolute Gasteiger partial charge is 0.495 e. The minimum absolute atomic E-state index is 0.0111. The molecule has 0 saturated heterocycles. The van der Waals surface area contributed by atoms with Crippen LogP contribution in [0.15, 0.2) is 54.1 Å². The summed E-state index contributed by atoms with van der Waals surface area (Å²) < 4.78 is 22.5. The van der Waals surface area contributed by atoms with Crippen LogP contribution in [0.4, 0.5) is 11.4 Å². The van der Waals surface area contributed by atoms with E-state index >= 15 is 0 Å². The molecule has 0 atom stereocenters. The molecule has 0 fully saturated rings. The van der Waals surface area contributed by atoms with Gasteiger partial charge in [-0.25, -0.2) is 0 Å². The Hall–Kier alpha value is -4.02. The number of nitrogens with zero attached hydrogens (tertiary/aromatic N) is 2. The number of rotatable bonds is 10. The zero-order valence-electron chi connectivity index (χ0n) is 20.4. The fraction of sp³-hybridized carbons (Fsp3) is 0.154. The molecule has 0 bridgehead atoms. The number of amides is 1. The Morgan fingerprint density at radius 2 is 1.74 bits per heavy atom. The number of non-ortho nitro benzene ring substituents is 1. The Bertz CT molecular complexity index is 1440. The molecule has 0 radical (unpaired) electrons. The fourth-order valence-corrected chi connectivity index (χ4v) is 4.31. The third kappa shape index (κ3) is 6.84. The SMILES string of the molecule is COc1cc(NC(=O)/C(C#N)=C/c2cc(I)c(OCc3ccc([N+](=O)[O-])cc3)c(OC)c2)c(OC)cc1Cl. The molecule has 1 N–H and O–H groups in total. The second-order valence-corrected chi connectivity index (χ2v) is 9.13. The molecule has 196 valence electrons. The third-order valence-electron chi connectivity index (χ3n) is 5.18. The number of ether oxygens (including phenoxy) is 4. The van der Waals surface area contributed by atoms with Gasteiger partial charge in [-0.15, -0.1) is 0 Å². The van der Waals surface area contributed by atoms with Crippen molar-refractivity contribution >= 4 is 57.5 Å². The molecule has 10 nitrogen and oxygen atoms in total. The predicted molar refractivity (Wildman–Crippen MR) is 150 cm³/mol. The van der Waals surface area contributed by atoms with Gasteiger partial charge in [-0.1, -0.05) is 11.6 Å². The van der Waals surface area contributed by atoms with Crippen LogP contribution in [0.2, 0.25) is 5.02 Å². The zero-order chi connectivity index (χ0) is 27.8. The minimum atomic E-state index is -0.664. The van der Waals surface area contributed by atoms with Crippen molar-refractivity contribution in [3.05, 3.63) is 83.9 Å². The van der Waals surface area contributed by atoms with E-state index in [0.29, 0.717) is 37.2 Å². The van der Waals surface area contributed by atoms with Crippen LogP contribution in [-0.4, -0.2) is 32.2 Å². The highest BCUT2D eigenvalue weighted by Gasteiger charge is 2.17. The fourth-order valence-electron chi connectivity index (χ4n) is 3.30. The topological polar surface area (TPSA) is 133 Å². The number of nitriles is 1. The number of carbonyl (C=O) groups is 1. The van der Waals surface area contributed by atoms with E-state index in [9.17, 15) is 20.2 Å².